The zero-order valence-electron chi connectivity index (χ0n) is 13.2. The van der Waals surface area contributed by atoms with Crippen LogP contribution in [0, 0.1) is 11.7 Å². The summed E-state index contributed by atoms with van der Waals surface area (Å²) in [5.74, 6) is -2.71. The van der Waals surface area contributed by atoms with Gasteiger partial charge in [0, 0.05) is 0 Å². The number of hydrogen-bond donors (Lipinski definition) is 2. The van der Waals surface area contributed by atoms with Gasteiger partial charge in [-0.15, -0.1) is 0 Å². The van der Waals surface area contributed by atoms with Crippen LogP contribution in [0.4, 0.5) is 4.39 Å². The van der Waals surface area contributed by atoms with Gasteiger partial charge < -0.3 is 15.8 Å². The van der Waals surface area contributed by atoms with Crippen LogP contribution >= 0.6 is 0 Å². The quantitative estimate of drug-likeness (QED) is 0.695. The summed E-state index contributed by atoms with van der Waals surface area (Å²) in [5, 5.41) is 2.47. The Hall–Kier alpha value is -2.44. The summed E-state index contributed by atoms with van der Waals surface area (Å²) in [6.07, 6.45) is -0.0433. The zero-order valence-corrected chi connectivity index (χ0v) is 13.2. The molecule has 0 radical (unpaired) electrons. The second-order valence-corrected chi connectivity index (χ2v) is 5.22. The second-order valence-electron chi connectivity index (χ2n) is 5.22. The molecule has 1 aromatic carbocycles. The average molecular weight is 324 g/mol. The maximum Gasteiger partial charge on any atom is 0.308 e. The summed E-state index contributed by atoms with van der Waals surface area (Å²) in [5.41, 5.74) is 5.74. The van der Waals surface area contributed by atoms with E-state index in [4.69, 9.17) is 10.5 Å². The van der Waals surface area contributed by atoms with Gasteiger partial charge in [-0.25, -0.2) is 4.39 Å². The van der Waals surface area contributed by atoms with Crippen LogP contribution in [0.25, 0.3) is 0 Å². The standard InChI is InChI=1S/C16H21FN2O4/c1-3-23-16(22)10(2)7-13(15(18)21)19-14(20)9-11-5-4-6-12(17)8-11/h4-6,8,10,13H,3,7,9H2,1-2H3,(H2,18,21)(H,19,20)/t10-,13+/m0/s1. The normalized spacial score (nSPS) is 13.0. The largest absolute Gasteiger partial charge is 0.466 e. The molecule has 2 amide bonds. The lowest BCUT2D eigenvalue weighted by molar-refractivity contribution is -0.148. The highest BCUT2D eigenvalue weighted by atomic mass is 19.1. The number of nitrogens with one attached hydrogen (secondary N) is 1. The van der Waals surface area contributed by atoms with Gasteiger partial charge >= 0.3 is 5.97 Å². The topological polar surface area (TPSA) is 98.5 Å². The van der Waals surface area contributed by atoms with Crippen LogP contribution in [-0.2, 0) is 25.5 Å². The molecule has 0 aliphatic rings. The maximum absolute atomic E-state index is 13.1. The Kier molecular flexibility index (Phi) is 7.18. The predicted molar refractivity (Wildman–Crippen MR) is 81.6 cm³/mol. The van der Waals surface area contributed by atoms with Crippen molar-refractivity contribution in [1.29, 1.82) is 0 Å². The SMILES string of the molecule is CCOC(=O)[C@@H](C)C[C@@H](NC(=O)Cc1cccc(F)c1)C(N)=O. The number of hydrogen-bond acceptors (Lipinski definition) is 4. The lowest BCUT2D eigenvalue weighted by Gasteiger charge is -2.19. The lowest BCUT2D eigenvalue weighted by Crippen LogP contribution is -2.46. The fraction of sp³-hybridized carbons (Fsp3) is 0.438. The molecule has 0 heterocycles. The summed E-state index contributed by atoms with van der Waals surface area (Å²) >= 11 is 0. The third-order valence-electron chi connectivity index (χ3n) is 3.21. The first-order chi connectivity index (χ1) is 10.8. The van der Waals surface area contributed by atoms with Crippen molar-refractivity contribution in [1.82, 2.24) is 5.32 Å². The van der Waals surface area contributed by atoms with Crippen molar-refractivity contribution < 1.29 is 23.5 Å². The Labute approximate surface area is 134 Å². The molecule has 0 aliphatic carbocycles. The lowest BCUT2D eigenvalue weighted by atomic mass is 10.0. The number of primary amides is 1. The van der Waals surface area contributed by atoms with Gasteiger partial charge in [0.05, 0.1) is 18.9 Å². The summed E-state index contributed by atoms with van der Waals surface area (Å²) in [4.78, 5) is 35.0. The van der Waals surface area contributed by atoms with E-state index in [0.717, 1.165) is 0 Å². The molecule has 0 bridgehead atoms. The van der Waals surface area contributed by atoms with Crippen LogP contribution in [0.2, 0.25) is 0 Å². The van der Waals surface area contributed by atoms with Crippen molar-refractivity contribution in [2.75, 3.05) is 6.61 Å². The fourth-order valence-electron chi connectivity index (χ4n) is 2.06. The van der Waals surface area contributed by atoms with E-state index in [2.05, 4.69) is 5.32 Å². The summed E-state index contributed by atoms with van der Waals surface area (Å²) in [7, 11) is 0. The first-order valence-electron chi connectivity index (χ1n) is 7.33. The van der Waals surface area contributed by atoms with Gasteiger partial charge in [0.15, 0.2) is 0 Å². The molecule has 2 atom stereocenters. The fourth-order valence-corrected chi connectivity index (χ4v) is 2.06. The Morgan fingerprint density at radius 1 is 1.35 bits per heavy atom. The van der Waals surface area contributed by atoms with Crippen LogP contribution in [-0.4, -0.2) is 30.4 Å². The molecule has 1 aromatic rings. The second kappa shape index (κ2) is 8.87. The first kappa shape index (κ1) is 18.6. The molecule has 0 unspecified atom stereocenters. The maximum atomic E-state index is 13.1. The Morgan fingerprint density at radius 2 is 2.04 bits per heavy atom. The molecule has 23 heavy (non-hydrogen) atoms. The van der Waals surface area contributed by atoms with E-state index < -0.39 is 35.6 Å². The van der Waals surface area contributed by atoms with Crippen molar-refractivity contribution in [3.63, 3.8) is 0 Å². The van der Waals surface area contributed by atoms with Gasteiger partial charge in [0.1, 0.15) is 11.9 Å². The molecule has 0 fully saturated rings. The molecule has 0 spiro atoms. The third-order valence-corrected chi connectivity index (χ3v) is 3.21. The molecule has 126 valence electrons. The average Bonchev–Trinajstić information content (AvgIpc) is 2.46. The number of carbonyl (C=O) groups excluding carboxylic acids is 3. The van der Waals surface area contributed by atoms with Crippen LogP contribution in [0.15, 0.2) is 24.3 Å². The first-order valence-corrected chi connectivity index (χ1v) is 7.33. The molecule has 0 saturated carbocycles. The molecule has 0 saturated heterocycles. The van der Waals surface area contributed by atoms with Crippen molar-refractivity contribution >= 4 is 17.8 Å². The summed E-state index contributed by atoms with van der Waals surface area (Å²) in [6.45, 7) is 3.50. The number of carbonyl (C=O) groups is 3. The molecule has 7 heteroatoms. The highest BCUT2D eigenvalue weighted by Gasteiger charge is 2.25. The van der Waals surface area contributed by atoms with Gasteiger partial charge in [-0.2, -0.15) is 0 Å². The summed E-state index contributed by atoms with van der Waals surface area (Å²) < 4.78 is 17.9. The number of ether oxygens (including phenoxy) is 1. The summed E-state index contributed by atoms with van der Waals surface area (Å²) in [6, 6.07) is 4.61. The van der Waals surface area contributed by atoms with Gasteiger partial charge in [-0.3, -0.25) is 14.4 Å². The number of rotatable bonds is 8. The minimum absolute atomic E-state index is 0.0447. The van der Waals surface area contributed by atoms with Crippen LogP contribution in [0.3, 0.4) is 0 Å². The molecular formula is C16H21FN2O4. The van der Waals surface area contributed by atoms with Crippen molar-refractivity contribution in [2.45, 2.75) is 32.7 Å². The highest BCUT2D eigenvalue weighted by Crippen LogP contribution is 2.09. The monoisotopic (exact) mass is 324 g/mol. The number of nitrogens with two attached hydrogens (primary N) is 1. The van der Waals surface area contributed by atoms with E-state index in [1.54, 1.807) is 19.9 Å². The van der Waals surface area contributed by atoms with Gasteiger partial charge in [-0.1, -0.05) is 19.1 Å². The molecule has 6 nitrogen and oxygen atoms in total. The molecule has 0 aliphatic heterocycles. The predicted octanol–water partition coefficient (Wildman–Crippen LogP) is 0.928. The van der Waals surface area contributed by atoms with Crippen LogP contribution < -0.4 is 11.1 Å². The van der Waals surface area contributed by atoms with Gasteiger partial charge in [-0.05, 0) is 31.0 Å². The van der Waals surface area contributed by atoms with E-state index >= 15 is 0 Å². The highest BCUT2D eigenvalue weighted by molar-refractivity contribution is 5.88. The number of amides is 2. The molecule has 3 N–H and O–H groups in total. The smallest absolute Gasteiger partial charge is 0.308 e. The molecular weight excluding hydrogens is 303 g/mol. The minimum Gasteiger partial charge on any atom is -0.466 e. The van der Waals surface area contributed by atoms with E-state index in [1.165, 1.54) is 18.2 Å². The van der Waals surface area contributed by atoms with Crippen LogP contribution in [0.5, 0.6) is 0 Å². The van der Waals surface area contributed by atoms with Crippen molar-refractivity contribution in [2.24, 2.45) is 11.7 Å². The van der Waals surface area contributed by atoms with Crippen LogP contribution in [0.1, 0.15) is 25.8 Å². The Balaban J connectivity index is 2.63. The molecule has 0 aromatic heterocycles. The zero-order chi connectivity index (χ0) is 17.4. The van der Waals surface area contributed by atoms with E-state index in [1.807, 2.05) is 0 Å². The molecule has 1 rings (SSSR count). The number of benzene rings is 1. The van der Waals surface area contributed by atoms with Gasteiger partial charge in [0.25, 0.3) is 0 Å². The van der Waals surface area contributed by atoms with Crippen molar-refractivity contribution in [3.8, 4) is 0 Å². The van der Waals surface area contributed by atoms with E-state index in [0.29, 0.717) is 5.56 Å². The van der Waals surface area contributed by atoms with E-state index in [-0.39, 0.29) is 19.4 Å². The minimum atomic E-state index is -0.990. The van der Waals surface area contributed by atoms with E-state index in [9.17, 15) is 18.8 Å². The van der Waals surface area contributed by atoms with Crippen molar-refractivity contribution in [3.05, 3.63) is 35.6 Å². The third kappa shape index (κ3) is 6.46. The number of esters is 1. The number of halogens is 1. The van der Waals surface area contributed by atoms with Gasteiger partial charge in [0.2, 0.25) is 11.8 Å². The Bertz CT molecular complexity index is 577. The Morgan fingerprint density at radius 3 is 2.61 bits per heavy atom.